The molecule has 0 saturated carbocycles. The quantitative estimate of drug-likeness (QED) is 0.541. The van der Waals surface area contributed by atoms with Crippen LogP contribution in [0.4, 0.5) is 0 Å². The van der Waals surface area contributed by atoms with Crippen LogP contribution in [0.3, 0.4) is 0 Å². The van der Waals surface area contributed by atoms with Gasteiger partial charge in [-0.1, -0.05) is 23.5 Å². The number of aliphatic hydroxyl groups is 2. The molecule has 0 spiro atoms. The molecule has 0 aliphatic heterocycles. The van der Waals surface area contributed by atoms with Gasteiger partial charge in [0.25, 0.3) is 0 Å². The predicted molar refractivity (Wildman–Crippen MR) is 97.8 cm³/mol. The number of hydrogen-bond acceptors (Lipinski definition) is 8. The van der Waals surface area contributed by atoms with Crippen molar-refractivity contribution in [1.82, 2.24) is 19.5 Å². The van der Waals surface area contributed by atoms with Crippen molar-refractivity contribution in [3.63, 3.8) is 0 Å². The van der Waals surface area contributed by atoms with E-state index in [9.17, 15) is 15.3 Å². The summed E-state index contributed by atoms with van der Waals surface area (Å²) in [4.78, 5) is 7.48. The third-order valence-electron chi connectivity index (χ3n) is 4.10. The van der Waals surface area contributed by atoms with E-state index in [2.05, 4.69) is 10.1 Å². The van der Waals surface area contributed by atoms with Gasteiger partial charge in [0.05, 0.1) is 31.2 Å². The number of ether oxygens (including phenoxy) is 1. The number of aryl methyl sites for hydroxylation is 1. The normalized spacial score (nSPS) is 12.8. The first kappa shape index (κ1) is 18.6. The Morgan fingerprint density at radius 2 is 2.00 bits per heavy atom. The number of benzene rings is 1. The van der Waals surface area contributed by atoms with E-state index in [1.165, 1.54) is 15.9 Å². The number of aromatic nitrogens is 3. The number of nitrogens with zero attached hydrogens (tertiary/aromatic N) is 4. The van der Waals surface area contributed by atoms with Crippen molar-refractivity contribution in [3.8, 4) is 11.6 Å². The molecule has 8 nitrogen and oxygen atoms in total. The molecular formula is C17H22N4O4S. The minimum atomic E-state index is -0.377. The third kappa shape index (κ3) is 3.51. The summed E-state index contributed by atoms with van der Waals surface area (Å²) in [6.07, 6.45) is 0. The van der Waals surface area contributed by atoms with Crippen LogP contribution >= 0.6 is 11.3 Å². The second kappa shape index (κ2) is 8.00. The van der Waals surface area contributed by atoms with Gasteiger partial charge < -0.3 is 20.1 Å². The van der Waals surface area contributed by atoms with Gasteiger partial charge in [-0.2, -0.15) is 4.52 Å². The zero-order valence-electron chi connectivity index (χ0n) is 14.7. The lowest BCUT2D eigenvalue weighted by Gasteiger charge is -2.30. The Balaban J connectivity index is 2.14. The standard InChI is InChI=1S/C17H22N4O4S/c1-11-18-17-21(19-11)16(24)15(26-17)14(20(6-8-22)7-9-23)12-4-3-5-13(10-12)25-2/h3-5,10,14,22-24H,6-9H2,1-2H3. The molecule has 9 heteroatoms. The zero-order chi connectivity index (χ0) is 18.7. The molecule has 0 saturated heterocycles. The fraction of sp³-hybridized carbons (Fsp3) is 0.412. The second-order valence-corrected chi connectivity index (χ2v) is 6.81. The molecule has 0 aliphatic carbocycles. The first-order valence-electron chi connectivity index (χ1n) is 8.23. The van der Waals surface area contributed by atoms with Crippen molar-refractivity contribution in [1.29, 1.82) is 0 Å². The van der Waals surface area contributed by atoms with Crippen molar-refractivity contribution in [2.45, 2.75) is 13.0 Å². The van der Waals surface area contributed by atoms with Crippen molar-refractivity contribution in [2.24, 2.45) is 0 Å². The third-order valence-corrected chi connectivity index (χ3v) is 5.18. The number of fused-ring (bicyclic) bond motifs is 1. The van der Waals surface area contributed by atoms with E-state index in [0.717, 1.165) is 5.56 Å². The molecular weight excluding hydrogens is 356 g/mol. The van der Waals surface area contributed by atoms with Crippen molar-refractivity contribution in [3.05, 3.63) is 40.5 Å². The van der Waals surface area contributed by atoms with Crippen molar-refractivity contribution in [2.75, 3.05) is 33.4 Å². The monoisotopic (exact) mass is 378 g/mol. The summed E-state index contributed by atoms with van der Waals surface area (Å²) >= 11 is 1.33. The molecule has 0 fully saturated rings. The summed E-state index contributed by atoms with van der Waals surface area (Å²) in [5, 5.41) is 33.9. The van der Waals surface area contributed by atoms with Crippen LogP contribution in [0, 0.1) is 6.92 Å². The maximum absolute atomic E-state index is 10.7. The van der Waals surface area contributed by atoms with Gasteiger partial charge in [-0.05, 0) is 24.6 Å². The molecule has 3 N–H and O–H groups in total. The van der Waals surface area contributed by atoms with E-state index in [0.29, 0.717) is 34.5 Å². The largest absolute Gasteiger partial charge is 0.497 e. The van der Waals surface area contributed by atoms with Crippen LogP contribution in [0.15, 0.2) is 24.3 Å². The van der Waals surface area contributed by atoms with Crippen LogP contribution < -0.4 is 4.74 Å². The van der Waals surface area contributed by atoms with Crippen molar-refractivity contribution < 1.29 is 20.1 Å². The Hall–Kier alpha value is -2.20. The molecule has 0 aliphatic rings. The van der Waals surface area contributed by atoms with Crippen molar-refractivity contribution >= 4 is 16.3 Å². The van der Waals surface area contributed by atoms with Gasteiger partial charge in [0.15, 0.2) is 0 Å². The number of aromatic hydroxyl groups is 1. The minimum Gasteiger partial charge on any atom is -0.497 e. The van der Waals surface area contributed by atoms with E-state index < -0.39 is 0 Å². The van der Waals surface area contributed by atoms with Gasteiger partial charge in [-0.3, -0.25) is 4.90 Å². The van der Waals surface area contributed by atoms with E-state index in [-0.39, 0.29) is 25.1 Å². The number of thiazole rings is 1. The second-order valence-electron chi connectivity index (χ2n) is 5.81. The topological polar surface area (TPSA) is 103 Å². The van der Waals surface area contributed by atoms with Crippen LogP contribution in [0.25, 0.3) is 4.96 Å². The summed E-state index contributed by atoms with van der Waals surface area (Å²) < 4.78 is 6.74. The number of hydrogen-bond donors (Lipinski definition) is 3. The molecule has 1 aromatic carbocycles. The van der Waals surface area contributed by atoms with Crippen LogP contribution in [0.1, 0.15) is 22.3 Å². The molecule has 0 bridgehead atoms. The van der Waals surface area contributed by atoms with Gasteiger partial charge >= 0.3 is 0 Å². The lowest BCUT2D eigenvalue weighted by atomic mass is 10.0. The van der Waals surface area contributed by atoms with Gasteiger partial charge in [-0.15, -0.1) is 5.10 Å². The summed E-state index contributed by atoms with van der Waals surface area (Å²) in [6, 6.07) is 7.14. The first-order chi connectivity index (χ1) is 12.6. The molecule has 2 heterocycles. The fourth-order valence-corrected chi connectivity index (χ4v) is 4.16. The van der Waals surface area contributed by atoms with Gasteiger partial charge in [0.2, 0.25) is 10.8 Å². The number of rotatable bonds is 8. The highest BCUT2D eigenvalue weighted by molar-refractivity contribution is 7.17. The number of methoxy groups -OCH3 is 1. The minimum absolute atomic E-state index is 0.0132. The maximum Gasteiger partial charge on any atom is 0.230 e. The lowest BCUT2D eigenvalue weighted by molar-refractivity contribution is 0.136. The SMILES string of the molecule is COc1cccc(C(c2sc3nc(C)nn3c2O)N(CCO)CCO)c1. The molecule has 0 radical (unpaired) electrons. The Morgan fingerprint density at radius 3 is 2.62 bits per heavy atom. The van der Waals surface area contributed by atoms with Gasteiger partial charge in [0.1, 0.15) is 11.6 Å². The summed E-state index contributed by atoms with van der Waals surface area (Å²) in [7, 11) is 1.59. The summed E-state index contributed by atoms with van der Waals surface area (Å²) in [5.74, 6) is 1.29. The smallest absolute Gasteiger partial charge is 0.230 e. The Bertz CT molecular complexity index is 873. The molecule has 140 valence electrons. The first-order valence-corrected chi connectivity index (χ1v) is 9.05. The molecule has 0 amide bonds. The van der Waals surface area contributed by atoms with E-state index in [1.54, 1.807) is 14.0 Å². The average molecular weight is 378 g/mol. The van der Waals surface area contributed by atoms with E-state index in [1.807, 2.05) is 29.2 Å². The molecule has 2 aromatic heterocycles. The highest BCUT2D eigenvalue weighted by Gasteiger charge is 2.29. The van der Waals surface area contributed by atoms with Crippen LogP contribution in [0.5, 0.6) is 11.6 Å². The Labute approximate surface area is 154 Å². The molecule has 26 heavy (non-hydrogen) atoms. The highest BCUT2D eigenvalue weighted by atomic mass is 32.1. The van der Waals surface area contributed by atoms with Gasteiger partial charge in [0, 0.05) is 13.1 Å². The molecule has 3 aromatic rings. The fourth-order valence-electron chi connectivity index (χ4n) is 2.99. The highest BCUT2D eigenvalue weighted by Crippen LogP contribution is 2.40. The Morgan fingerprint density at radius 1 is 1.27 bits per heavy atom. The lowest BCUT2D eigenvalue weighted by Crippen LogP contribution is -2.34. The summed E-state index contributed by atoms with van der Waals surface area (Å²) in [6.45, 7) is 2.31. The predicted octanol–water partition coefficient (Wildman–Crippen LogP) is 1.19. The maximum atomic E-state index is 10.7. The van der Waals surface area contributed by atoms with Gasteiger partial charge in [-0.25, -0.2) is 4.98 Å². The van der Waals surface area contributed by atoms with E-state index >= 15 is 0 Å². The van der Waals surface area contributed by atoms with Crippen LogP contribution in [-0.4, -0.2) is 68.2 Å². The van der Waals surface area contributed by atoms with Crippen LogP contribution in [0.2, 0.25) is 0 Å². The average Bonchev–Trinajstić information content (AvgIpc) is 3.14. The molecule has 1 unspecified atom stereocenters. The van der Waals surface area contributed by atoms with Crippen LogP contribution in [-0.2, 0) is 0 Å². The zero-order valence-corrected chi connectivity index (χ0v) is 15.5. The molecule has 3 rings (SSSR count). The number of aliphatic hydroxyl groups excluding tert-OH is 2. The summed E-state index contributed by atoms with van der Waals surface area (Å²) in [5.41, 5.74) is 0.878. The molecule has 1 atom stereocenters. The Kier molecular flexibility index (Phi) is 5.72. The van der Waals surface area contributed by atoms with E-state index in [4.69, 9.17) is 4.74 Å².